The first-order valence-electron chi connectivity index (χ1n) is 6.48. The first kappa shape index (κ1) is 13.4. The lowest BCUT2D eigenvalue weighted by molar-refractivity contribution is 0.101. The Morgan fingerprint density at radius 2 is 2.11 bits per heavy atom. The smallest absolute Gasteiger partial charge is 0.163 e. The van der Waals surface area contributed by atoms with Crippen LogP contribution in [-0.4, -0.2) is 17.8 Å². The standard InChI is InChI=1S/C14H19F2NO/c15-13-6-2-4-11(14(13)16)9-17-8-10-3-1-5-12(18)7-10/h2,4,6,10,12,17-18H,1,3,5,7-9H2. The molecular weight excluding hydrogens is 236 g/mol. The number of rotatable bonds is 4. The van der Waals surface area contributed by atoms with E-state index in [1.807, 2.05) is 0 Å². The molecule has 0 bridgehead atoms. The highest BCUT2D eigenvalue weighted by atomic mass is 19.2. The van der Waals surface area contributed by atoms with Gasteiger partial charge in [0.05, 0.1) is 6.10 Å². The molecule has 0 radical (unpaired) electrons. The normalized spacial score (nSPS) is 24.2. The van der Waals surface area contributed by atoms with Gasteiger partial charge < -0.3 is 10.4 Å². The van der Waals surface area contributed by atoms with Crippen molar-refractivity contribution in [2.45, 2.75) is 38.3 Å². The van der Waals surface area contributed by atoms with Crippen molar-refractivity contribution >= 4 is 0 Å². The Morgan fingerprint density at radius 1 is 1.28 bits per heavy atom. The first-order valence-corrected chi connectivity index (χ1v) is 6.48. The van der Waals surface area contributed by atoms with Gasteiger partial charge in [0.1, 0.15) is 0 Å². The average Bonchev–Trinajstić information content (AvgIpc) is 2.35. The van der Waals surface area contributed by atoms with E-state index in [2.05, 4.69) is 5.32 Å². The molecule has 0 spiro atoms. The Kier molecular flexibility index (Phi) is 4.66. The monoisotopic (exact) mass is 255 g/mol. The lowest BCUT2D eigenvalue weighted by Crippen LogP contribution is -2.29. The lowest BCUT2D eigenvalue weighted by atomic mass is 9.87. The zero-order valence-corrected chi connectivity index (χ0v) is 10.3. The zero-order valence-electron chi connectivity index (χ0n) is 10.3. The van der Waals surface area contributed by atoms with Gasteiger partial charge in [0.25, 0.3) is 0 Å². The van der Waals surface area contributed by atoms with Gasteiger partial charge in [-0.2, -0.15) is 0 Å². The third kappa shape index (κ3) is 3.50. The van der Waals surface area contributed by atoms with Crippen LogP contribution in [0.5, 0.6) is 0 Å². The van der Waals surface area contributed by atoms with E-state index in [0.29, 0.717) is 18.0 Å². The first-order chi connectivity index (χ1) is 8.66. The molecule has 0 aromatic heterocycles. The highest BCUT2D eigenvalue weighted by Gasteiger charge is 2.19. The average molecular weight is 255 g/mol. The van der Waals surface area contributed by atoms with Crippen LogP contribution < -0.4 is 5.32 Å². The second kappa shape index (κ2) is 6.25. The molecule has 1 aromatic carbocycles. The molecule has 2 unspecified atom stereocenters. The minimum atomic E-state index is -0.803. The summed E-state index contributed by atoms with van der Waals surface area (Å²) >= 11 is 0. The SMILES string of the molecule is OC1CCCC(CNCc2cccc(F)c2F)C1. The number of hydrogen-bond acceptors (Lipinski definition) is 2. The maximum Gasteiger partial charge on any atom is 0.163 e. The highest BCUT2D eigenvalue weighted by Crippen LogP contribution is 2.23. The van der Waals surface area contributed by atoms with Crippen LogP contribution in [0.4, 0.5) is 8.78 Å². The number of nitrogens with one attached hydrogen (secondary N) is 1. The van der Waals surface area contributed by atoms with Crippen LogP contribution in [0.2, 0.25) is 0 Å². The zero-order chi connectivity index (χ0) is 13.0. The molecular formula is C14H19F2NO. The van der Waals surface area contributed by atoms with Crippen molar-refractivity contribution in [2.24, 2.45) is 5.92 Å². The van der Waals surface area contributed by atoms with Crippen molar-refractivity contribution in [3.8, 4) is 0 Å². The fourth-order valence-electron chi connectivity index (χ4n) is 2.54. The quantitative estimate of drug-likeness (QED) is 0.866. The van der Waals surface area contributed by atoms with Gasteiger partial charge in [-0.25, -0.2) is 8.78 Å². The van der Waals surface area contributed by atoms with Crippen molar-refractivity contribution in [3.63, 3.8) is 0 Å². The summed E-state index contributed by atoms with van der Waals surface area (Å²) in [5, 5.41) is 12.7. The van der Waals surface area contributed by atoms with Crippen LogP contribution in [0.1, 0.15) is 31.2 Å². The summed E-state index contributed by atoms with van der Waals surface area (Å²) in [4.78, 5) is 0. The topological polar surface area (TPSA) is 32.3 Å². The maximum absolute atomic E-state index is 13.4. The third-order valence-corrected chi connectivity index (χ3v) is 3.54. The van der Waals surface area contributed by atoms with Gasteiger partial charge in [-0.15, -0.1) is 0 Å². The van der Waals surface area contributed by atoms with Crippen molar-refractivity contribution in [2.75, 3.05) is 6.54 Å². The van der Waals surface area contributed by atoms with E-state index in [9.17, 15) is 13.9 Å². The third-order valence-electron chi connectivity index (χ3n) is 3.54. The van der Waals surface area contributed by atoms with Gasteiger partial charge in [0.2, 0.25) is 0 Å². The molecule has 1 fully saturated rings. The summed E-state index contributed by atoms with van der Waals surface area (Å²) in [7, 11) is 0. The van der Waals surface area contributed by atoms with Gasteiger partial charge >= 0.3 is 0 Å². The van der Waals surface area contributed by atoms with Crippen LogP contribution in [0.25, 0.3) is 0 Å². The molecule has 18 heavy (non-hydrogen) atoms. The molecule has 2 nitrogen and oxygen atoms in total. The lowest BCUT2D eigenvalue weighted by Gasteiger charge is -2.26. The van der Waals surface area contributed by atoms with Gasteiger partial charge in [-0.3, -0.25) is 0 Å². The number of aliphatic hydroxyl groups excluding tert-OH is 1. The molecule has 2 atom stereocenters. The Balaban J connectivity index is 1.79. The van der Waals surface area contributed by atoms with Crippen LogP contribution in [0, 0.1) is 17.6 Å². The van der Waals surface area contributed by atoms with Gasteiger partial charge in [0.15, 0.2) is 11.6 Å². The van der Waals surface area contributed by atoms with Crippen molar-refractivity contribution in [3.05, 3.63) is 35.4 Å². The molecule has 4 heteroatoms. The second-order valence-electron chi connectivity index (χ2n) is 5.03. The number of benzene rings is 1. The van der Waals surface area contributed by atoms with Crippen LogP contribution >= 0.6 is 0 Å². The van der Waals surface area contributed by atoms with E-state index in [4.69, 9.17) is 0 Å². The highest BCUT2D eigenvalue weighted by molar-refractivity contribution is 5.18. The predicted molar refractivity (Wildman–Crippen MR) is 66.0 cm³/mol. The Bertz CT molecular complexity index is 397. The van der Waals surface area contributed by atoms with Crippen LogP contribution in [0.3, 0.4) is 0 Å². The Labute approximate surface area is 106 Å². The molecule has 2 N–H and O–H groups in total. The summed E-state index contributed by atoms with van der Waals surface area (Å²) in [5.41, 5.74) is 0.353. The molecule has 1 aliphatic carbocycles. The van der Waals surface area contributed by atoms with Crippen molar-refractivity contribution in [1.29, 1.82) is 0 Å². The van der Waals surface area contributed by atoms with E-state index in [0.717, 1.165) is 38.3 Å². The second-order valence-corrected chi connectivity index (χ2v) is 5.03. The van der Waals surface area contributed by atoms with E-state index in [-0.39, 0.29) is 6.10 Å². The van der Waals surface area contributed by atoms with E-state index in [1.54, 1.807) is 6.07 Å². The van der Waals surface area contributed by atoms with Crippen LogP contribution in [-0.2, 0) is 6.54 Å². The molecule has 0 aliphatic heterocycles. The fraction of sp³-hybridized carbons (Fsp3) is 0.571. The predicted octanol–water partition coefficient (Wildman–Crippen LogP) is 2.61. The van der Waals surface area contributed by atoms with Crippen molar-refractivity contribution in [1.82, 2.24) is 5.32 Å². The Hall–Kier alpha value is -1.00. The summed E-state index contributed by atoms with van der Waals surface area (Å²) in [6.07, 6.45) is 3.63. The van der Waals surface area contributed by atoms with Crippen LogP contribution in [0.15, 0.2) is 18.2 Å². The minimum Gasteiger partial charge on any atom is -0.393 e. The largest absolute Gasteiger partial charge is 0.393 e. The fourth-order valence-corrected chi connectivity index (χ4v) is 2.54. The van der Waals surface area contributed by atoms with Crippen molar-refractivity contribution < 1.29 is 13.9 Å². The number of aliphatic hydroxyl groups is 1. The van der Waals surface area contributed by atoms with Gasteiger partial charge in [0, 0.05) is 12.1 Å². The summed E-state index contributed by atoms with van der Waals surface area (Å²) in [6, 6.07) is 4.22. The summed E-state index contributed by atoms with van der Waals surface area (Å²) in [6.45, 7) is 1.07. The van der Waals surface area contributed by atoms with E-state index < -0.39 is 11.6 Å². The molecule has 1 aromatic rings. The molecule has 1 saturated carbocycles. The molecule has 0 amide bonds. The number of hydrogen-bond donors (Lipinski definition) is 2. The molecule has 100 valence electrons. The van der Waals surface area contributed by atoms with E-state index in [1.165, 1.54) is 6.07 Å². The maximum atomic E-state index is 13.4. The summed E-state index contributed by atoms with van der Waals surface area (Å²) < 4.78 is 26.4. The molecule has 0 saturated heterocycles. The summed E-state index contributed by atoms with van der Waals surface area (Å²) in [5.74, 6) is -1.14. The molecule has 1 aliphatic rings. The number of halogens is 2. The van der Waals surface area contributed by atoms with Gasteiger partial charge in [-0.05, 0) is 37.8 Å². The van der Waals surface area contributed by atoms with Gasteiger partial charge in [-0.1, -0.05) is 18.6 Å². The molecule has 2 rings (SSSR count). The Morgan fingerprint density at radius 3 is 2.89 bits per heavy atom. The minimum absolute atomic E-state index is 0.198. The molecule has 0 heterocycles. The van der Waals surface area contributed by atoms with E-state index >= 15 is 0 Å².